The van der Waals surface area contributed by atoms with E-state index in [9.17, 15) is 0 Å². The Labute approximate surface area is 89.7 Å². The van der Waals surface area contributed by atoms with Gasteiger partial charge in [-0.25, -0.2) is 0 Å². The molecule has 0 saturated heterocycles. The van der Waals surface area contributed by atoms with Gasteiger partial charge in [0.15, 0.2) is 0 Å². The quantitative estimate of drug-likeness (QED) is 0.748. The molecule has 0 aromatic heterocycles. The van der Waals surface area contributed by atoms with E-state index in [4.69, 9.17) is 31.9 Å². The predicted molar refractivity (Wildman–Crippen MR) is 52.9 cm³/mol. The molecule has 0 aromatic carbocycles. The molecule has 0 aliphatic carbocycles. The fraction of sp³-hybridized carbons (Fsp3) is 1.00. The molecule has 0 radical (unpaired) electrons. The van der Waals surface area contributed by atoms with Crippen molar-refractivity contribution in [2.75, 3.05) is 0 Å². The third kappa shape index (κ3) is 22.4. The fourth-order valence-corrected chi connectivity index (χ4v) is 1.17. The van der Waals surface area contributed by atoms with Crippen molar-refractivity contribution in [3.05, 3.63) is 0 Å². The van der Waals surface area contributed by atoms with Gasteiger partial charge in [0, 0.05) is 11.1 Å². The van der Waals surface area contributed by atoms with Crippen molar-refractivity contribution in [1.29, 1.82) is 0 Å². The van der Waals surface area contributed by atoms with Crippen LogP contribution in [0.3, 0.4) is 0 Å². The zero-order valence-corrected chi connectivity index (χ0v) is 10.4. The van der Waals surface area contributed by atoms with E-state index in [1.165, 1.54) is 0 Å². The Balaban J connectivity index is 0. The van der Waals surface area contributed by atoms with Crippen LogP contribution in [0.4, 0.5) is 0 Å². The Kier molecular flexibility index (Phi) is 8.31. The van der Waals surface area contributed by atoms with E-state index >= 15 is 0 Å². The molecule has 0 saturated carbocycles. The Morgan fingerprint density at radius 3 is 1.17 bits per heavy atom. The summed E-state index contributed by atoms with van der Waals surface area (Å²) in [6.45, 7) is 7.95. The summed E-state index contributed by atoms with van der Waals surface area (Å²) in [4.78, 5) is 0. The van der Waals surface area contributed by atoms with E-state index in [1.54, 1.807) is 0 Å². The second-order valence-corrected chi connectivity index (χ2v) is 5.83. The third-order valence-electron chi connectivity index (χ3n) is 0.911. The zero-order chi connectivity index (χ0) is 10.4. The van der Waals surface area contributed by atoms with Crippen LogP contribution in [-0.4, -0.2) is 11.1 Å². The molecule has 0 bridgehead atoms. The van der Waals surface area contributed by atoms with Crippen molar-refractivity contribution < 1.29 is 12.7 Å². The average molecular weight is 260 g/mol. The van der Waals surface area contributed by atoms with Gasteiger partial charge in [0.05, 0.1) is 0 Å². The fourth-order valence-electron chi connectivity index (χ4n) is 1.17. The van der Waals surface area contributed by atoms with Crippen LogP contribution in [0.1, 0.15) is 34.1 Å². The second-order valence-electron chi connectivity index (χ2n) is 4.20. The Hall–Kier alpha value is 0.994. The van der Waals surface area contributed by atoms with Crippen molar-refractivity contribution in [3.63, 3.8) is 0 Å². The topological polar surface area (TPSA) is 52.0 Å². The molecular weight excluding hydrogens is 242 g/mol. The number of hydrogen-bond donors (Lipinski definition) is 2. The molecule has 0 heterocycles. The molecule has 0 aromatic rings. The Morgan fingerprint density at radius 2 is 1.17 bits per heavy atom. The van der Waals surface area contributed by atoms with E-state index in [0.29, 0.717) is 12.7 Å². The number of hydrogen-bond acceptors (Lipinski definition) is 2. The van der Waals surface area contributed by atoms with Crippen molar-refractivity contribution in [3.8, 4) is 0 Å². The molecule has 0 atom stereocenters. The van der Waals surface area contributed by atoms with Gasteiger partial charge < -0.3 is 11.5 Å². The zero-order valence-electron chi connectivity index (χ0n) is 7.93. The summed E-state index contributed by atoms with van der Waals surface area (Å²) in [5.74, 6) is 0. The van der Waals surface area contributed by atoms with Gasteiger partial charge in [-0.15, -0.1) is 0 Å². The molecule has 0 aliphatic rings. The molecule has 0 spiro atoms. The monoisotopic (exact) mass is 258 g/mol. The first-order valence-corrected chi connectivity index (χ1v) is 6.24. The average Bonchev–Trinajstić information content (AvgIpc) is 1.53. The third-order valence-corrected chi connectivity index (χ3v) is 0.911. The molecule has 0 amide bonds. The van der Waals surface area contributed by atoms with Crippen LogP contribution in [0.25, 0.3) is 0 Å². The summed E-state index contributed by atoms with van der Waals surface area (Å²) >= 11 is 0.569. The molecule has 0 aliphatic heterocycles. The van der Waals surface area contributed by atoms with E-state index < -0.39 is 0 Å². The first kappa shape index (κ1) is 15.5. The molecular formula is C7H18Cl2N2Ni. The molecule has 5 heteroatoms. The minimum atomic E-state index is -0.141. The van der Waals surface area contributed by atoms with E-state index in [1.807, 2.05) is 27.7 Å². The van der Waals surface area contributed by atoms with Gasteiger partial charge in [-0.3, -0.25) is 0 Å². The minimum absolute atomic E-state index is 0.141. The van der Waals surface area contributed by atoms with E-state index in [-0.39, 0.29) is 11.1 Å². The summed E-state index contributed by atoms with van der Waals surface area (Å²) in [6.07, 6.45) is 0.847. The number of rotatable bonds is 2. The van der Waals surface area contributed by atoms with Crippen LogP contribution in [0.2, 0.25) is 0 Å². The summed E-state index contributed by atoms with van der Waals surface area (Å²) in [7, 11) is 9.40. The maximum atomic E-state index is 5.74. The molecule has 0 fully saturated rings. The predicted octanol–water partition coefficient (Wildman–Crippen LogP) is 2.23. The summed E-state index contributed by atoms with van der Waals surface area (Å²) in [5.41, 5.74) is 11.2. The standard InChI is InChI=1S/C7H18N2.2ClH.Ni/c1-6(2,8)5-7(3,4)9;;;/h5,8-9H2,1-4H3;2*1H;/q;;;+2/p-2. The van der Waals surface area contributed by atoms with Crippen molar-refractivity contribution >= 4 is 20.4 Å². The van der Waals surface area contributed by atoms with Gasteiger partial charge >= 0.3 is 33.0 Å². The summed E-state index contributed by atoms with van der Waals surface area (Å²) < 4.78 is 0. The molecule has 0 rings (SSSR count). The van der Waals surface area contributed by atoms with E-state index in [2.05, 4.69) is 0 Å². The van der Waals surface area contributed by atoms with Crippen LogP contribution in [0.5, 0.6) is 0 Å². The van der Waals surface area contributed by atoms with Gasteiger partial charge in [-0.05, 0) is 34.1 Å². The van der Waals surface area contributed by atoms with Crippen LogP contribution in [-0.2, 0) is 12.7 Å². The normalized spacial score (nSPS) is 12.3. The Bertz CT molecular complexity index is 95.0. The van der Waals surface area contributed by atoms with Gasteiger partial charge in [0.2, 0.25) is 0 Å². The first-order chi connectivity index (χ1) is 5.12. The molecule has 0 unspecified atom stereocenters. The summed E-state index contributed by atoms with van der Waals surface area (Å²) in [5, 5.41) is 0. The van der Waals surface area contributed by atoms with Gasteiger partial charge in [0.25, 0.3) is 0 Å². The van der Waals surface area contributed by atoms with Crippen LogP contribution < -0.4 is 11.5 Å². The maximum absolute atomic E-state index is 5.74. The SMILES string of the molecule is CC(C)(N)CC(C)(C)N.[Cl][Ni][Cl]. The number of halogens is 2. The molecule has 80 valence electrons. The summed E-state index contributed by atoms with van der Waals surface area (Å²) in [6, 6.07) is 0. The molecule has 12 heavy (non-hydrogen) atoms. The van der Waals surface area contributed by atoms with Crippen LogP contribution >= 0.6 is 20.4 Å². The Morgan fingerprint density at radius 1 is 1.00 bits per heavy atom. The van der Waals surface area contributed by atoms with Crippen LogP contribution in [0.15, 0.2) is 0 Å². The molecule has 4 N–H and O–H groups in total. The van der Waals surface area contributed by atoms with Gasteiger partial charge in [0.1, 0.15) is 0 Å². The second kappa shape index (κ2) is 6.45. The van der Waals surface area contributed by atoms with Crippen molar-refractivity contribution in [1.82, 2.24) is 0 Å². The first-order valence-electron chi connectivity index (χ1n) is 3.52. The number of nitrogens with two attached hydrogens (primary N) is 2. The van der Waals surface area contributed by atoms with Crippen LogP contribution in [0, 0.1) is 0 Å². The van der Waals surface area contributed by atoms with E-state index in [0.717, 1.165) is 6.42 Å². The van der Waals surface area contributed by atoms with Crippen molar-refractivity contribution in [2.45, 2.75) is 45.2 Å². The molecule has 2 nitrogen and oxygen atoms in total. The van der Waals surface area contributed by atoms with Crippen molar-refractivity contribution in [2.24, 2.45) is 11.5 Å². The van der Waals surface area contributed by atoms with Gasteiger partial charge in [-0.1, -0.05) is 0 Å². The van der Waals surface area contributed by atoms with Gasteiger partial charge in [-0.2, -0.15) is 0 Å².